The monoisotopic (exact) mass is 371 g/mol. The summed E-state index contributed by atoms with van der Waals surface area (Å²) in [6.45, 7) is 0.209. The molecule has 0 radical (unpaired) electrons. The number of carbonyl (C=O) groups excluding carboxylic acids is 3. The van der Waals surface area contributed by atoms with Gasteiger partial charge >= 0.3 is 0 Å². The number of nitrogens with zero attached hydrogens (tertiary/aromatic N) is 1. The molecule has 1 heterocycles. The molecule has 2 aromatic carbocycles. The third-order valence-electron chi connectivity index (χ3n) is 3.83. The summed E-state index contributed by atoms with van der Waals surface area (Å²) < 4.78 is 0. The van der Waals surface area contributed by atoms with Crippen molar-refractivity contribution in [3.63, 3.8) is 0 Å². The van der Waals surface area contributed by atoms with Gasteiger partial charge in [0, 0.05) is 12.1 Å². The summed E-state index contributed by atoms with van der Waals surface area (Å²) in [6, 6.07) is 15.7. The van der Waals surface area contributed by atoms with Crippen LogP contribution in [-0.4, -0.2) is 33.9 Å². The van der Waals surface area contributed by atoms with E-state index in [2.05, 4.69) is 15.9 Å². The molecule has 0 aliphatic carbocycles. The molecule has 1 aliphatic heterocycles. The molecule has 116 valence electrons. The average Bonchev–Trinajstić information content (AvgIpc) is 2.84. The zero-order chi connectivity index (χ0) is 16.4. The van der Waals surface area contributed by atoms with Gasteiger partial charge in [-0.05, 0) is 18.6 Å². The summed E-state index contributed by atoms with van der Waals surface area (Å²) in [4.78, 5) is 37.6. The van der Waals surface area contributed by atoms with Gasteiger partial charge in [0.15, 0.2) is 5.78 Å². The Morgan fingerprint density at radius 1 is 0.913 bits per heavy atom. The lowest BCUT2D eigenvalue weighted by atomic mass is 10.1. The third-order valence-corrected chi connectivity index (χ3v) is 4.70. The molecule has 2 amide bonds. The first-order valence-electron chi connectivity index (χ1n) is 7.28. The van der Waals surface area contributed by atoms with Crippen LogP contribution in [0.4, 0.5) is 0 Å². The van der Waals surface area contributed by atoms with E-state index in [9.17, 15) is 14.4 Å². The van der Waals surface area contributed by atoms with Crippen molar-refractivity contribution in [1.29, 1.82) is 0 Å². The van der Waals surface area contributed by atoms with E-state index >= 15 is 0 Å². The van der Waals surface area contributed by atoms with Crippen LogP contribution in [0.3, 0.4) is 0 Å². The van der Waals surface area contributed by atoms with Crippen LogP contribution in [0, 0.1) is 0 Å². The first-order chi connectivity index (χ1) is 11.1. The van der Waals surface area contributed by atoms with E-state index in [1.807, 2.05) is 6.07 Å². The van der Waals surface area contributed by atoms with Gasteiger partial charge in [-0.1, -0.05) is 58.4 Å². The molecular weight excluding hydrogens is 358 g/mol. The van der Waals surface area contributed by atoms with Crippen molar-refractivity contribution in [2.45, 2.75) is 11.2 Å². The maximum atomic E-state index is 12.3. The van der Waals surface area contributed by atoms with Gasteiger partial charge in [0.05, 0.1) is 16.0 Å². The molecule has 2 aromatic rings. The Morgan fingerprint density at radius 3 is 2.00 bits per heavy atom. The predicted molar refractivity (Wildman–Crippen MR) is 89.9 cm³/mol. The fourth-order valence-electron chi connectivity index (χ4n) is 2.60. The quantitative estimate of drug-likeness (QED) is 0.460. The first kappa shape index (κ1) is 15.6. The Morgan fingerprint density at radius 2 is 1.43 bits per heavy atom. The molecule has 0 spiro atoms. The van der Waals surface area contributed by atoms with Gasteiger partial charge in [-0.3, -0.25) is 19.3 Å². The van der Waals surface area contributed by atoms with Crippen LogP contribution in [0.5, 0.6) is 0 Å². The Balaban J connectivity index is 1.67. The zero-order valence-electron chi connectivity index (χ0n) is 12.2. The van der Waals surface area contributed by atoms with Crippen LogP contribution in [0.2, 0.25) is 0 Å². The number of imide groups is 1. The molecular formula is C18H14BrNO3. The summed E-state index contributed by atoms with van der Waals surface area (Å²) in [5, 5.41) is 0. The lowest BCUT2D eigenvalue weighted by molar-refractivity contribution is 0.0648. The molecule has 4 nitrogen and oxygen atoms in total. The van der Waals surface area contributed by atoms with Crippen LogP contribution in [0.25, 0.3) is 0 Å². The van der Waals surface area contributed by atoms with E-state index in [1.54, 1.807) is 48.5 Å². The minimum Gasteiger partial charge on any atom is -0.293 e. The van der Waals surface area contributed by atoms with Gasteiger partial charge in [0.2, 0.25) is 0 Å². The number of fused-ring (bicyclic) bond motifs is 1. The summed E-state index contributed by atoms with van der Waals surface area (Å²) in [5.41, 5.74) is 1.47. The first-order valence-corrected chi connectivity index (χ1v) is 8.19. The third kappa shape index (κ3) is 2.97. The fourth-order valence-corrected chi connectivity index (χ4v) is 3.07. The second-order valence-electron chi connectivity index (χ2n) is 5.29. The normalized spacial score (nSPS) is 14.7. The van der Waals surface area contributed by atoms with Crippen LogP contribution >= 0.6 is 15.9 Å². The highest BCUT2D eigenvalue weighted by Gasteiger charge is 2.35. The van der Waals surface area contributed by atoms with Gasteiger partial charge in [0.25, 0.3) is 11.8 Å². The highest BCUT2D eigenvalue weighted by molar-refractivity contribution is 9.10. The number of hydrogen-bond donors (Lipinski definition) is 0. The van der Waals surface area contributed by atoms with Gasteiger partial charge in [-0.15, -0.1) is 0 Å². The molecule has 0 aromatic heterocycles. The summed E-state index contributed by atoms with van der Waals surface area (Å²) >= 11 is 3.36. The standard InChI is InChI=1S/C18H14BrNO3/c19-15(16(21)12-6-2-1-3-7-12)10-11-20-17(22)13-8-4-5-9-14(13)18(20)23/h1-9,15H,10-11H2/t15-/m1/s1. The van der Waals surface area contributed by atoms with E-state index in [0.717, 1.165) is 0 Å². The number of rotatable bonds is 5. The number of alkyl halides is 1. The number of benzene rings is 2. The zero-order valence-corrected chi connectivity index (χ0v) is 13.8. The Labute approximate surface area is 142 Å². The highest BCUT2D eigenvalue weighted by Crippen LogP contribution is 2.24. The van der Waals surface area contributed by atoms with E-state index in [0.29, 0.717) is 23.1 Å². The van der Waals surface area contributed by atoms with Crippen molar-refractivity contribution in [2.75, 3.05) is 6.54 Å². The smallest absolute Gasteiger partial charge is 0.261 e. The van der Waals surface area contributed by atoms with Crippen LogP contribution < -0.4 is 0 Å². The van der Waals surface area contributed by atoms with Crippen molar-refractivity contribution < 1.29 is 14.4 Å². The van der Waals surface area contributed by atoms with Gasteiger partial charge in [0.1, 0.15) is 0 Å². The molecule has 0 saturated carbocycles. The molecule has 1 aliphatic rings. The molecule has 5 heteroatoms. The maximum Gasteiger partial charge on any atom is 0.261 e. The average molecular weight is 372 g/mol. The summed E-state index contributed by atoms with van der Waals surface area (Å²) in [6.07, 6.45) is 0.374. The number of ketones is 1. The van der Waals surface area contributed by atoms with Gasteiger partial charge < -0.3 is 0 Å². The largest absolute Gasteiger partial charge is 0.293 e. The predicted octanol–water partition coefficient (Wildman–Crippen LogP) is 3.32. The van der Waals surface area contributed by atoms with Crippen LogP contribution in [0.15, 0.2) is 54.6 Å². The molecule has 0 bridgehead atoms. The van der Waals surface area contributed by atoms with Crippen LogP contribution in [0.1, 0.15) is 37.5 Å². The van der Waals surface area contributed by atoms with Gasteiger partial charge in [-0.2, -0.15) is 0 Å². The molecule has 3 rings (SSSR count). The Hall–Kier alpha value is -2.27. The van der Waals surface area contributed by atoms with Crippen molar-refractivity contribution >= 4 is 33.5 Å². The highest BCUT2D eigenvalue weighted by atomic mass is 79.9. The second kappa shape index (κ2) is 6.46. The van der Waals surface area contributed by atoms with Gasteiger partial charge in [-0.25, -0.2) is 0 Å². The van der Waals surface area contributed by atoms with Crippen molar-refractivity contribution in [1.82, 2.24) is 4.90 Å². The SMILES string of the molecule is O=C(c1ccccc1)[C@H](Br)CCN1C(=O)c2ccccc2C1=O. The van der Waals surface area contributed by atoms with E-state index in [-0.39, 0.29) is 24.1 Å². The molecule has 0 saturated heterocycles. The minimum atomic E-state index is -0.436. The molecule has 1 atom stereocenters. The molecule has 0 N–H and O–H groups in total. The maximum absolute atomic E-state index is 12.3. The number of carbonyl (C=O) groups is 3. The lowest BCUT2D eigenvalue weighted by Crippen LogP contribution is -2.33. The molecule has 0 unspecified atom stereocenters. The number of hydrogen-bond acceptors (Lipinski definition) is 3. The topological polar surface area (TPSA) is 54.5 Å². The van der Waals surface area contributed by atoms with Crippen molar-refractivity contribution in [3.05, 3.63) is 71.3 Å². The second-order valence-corrected chi connectivity index (χ2v) is 6.40. The fraction of sp³-hybridized carbons (Fsp3) is 0.167. The Bertz CT molecular complexity index is 738. The number of halogens is 1. The van der Waals surface area contributed by atoms with E-state index in [4.69, 9.17) is 0 Å². The molecule has 23 heavy (non-hydrogen) atoms. The van der Waals surface area contributed by atoms with Crippen LogP contribution in [-0.2, 0) is 0 Å². The minimum absolute atomic E-state index is 0.0535. The molecule has 0 fully saturated rings. The number of Topliss-reactive ketones (excluding diaryl/α,β-unsaturated/α-hetero) is 1. The summed E-state index contributed by atoms with van der Waals surface area (Å²) in [7, 11) is 0. The van der Waals surface area contributed by atoms with Crippen molar-refractivity contribution in [3.8, 4) is 0 Å². The lowest BCUT2D eigenvalue weighted by Gasteiger charge is -2.16. The number of amides is 2. The Kier molecular flexibility index (Phi) is 4.39. The van der Waals surface area contributed by atoms with E-state index < -0.39 is 4.83 Å². The van der Waals surface area contributed by atoms with Crippen molar-refractivity contribution in [2.24, 2.45) is 0 Å². The summed E-state index contributed by atoms with van der Waals surface area (Å²) in [5.74, 6) is -0.642. The van der Waals surface area contributed by atoms with E-state index in [1.165, 1.54) is 4.90 Å².